The number of nitrogens with zero attached hydrogens (tertiary/aromatic N) is 3. The first-order valence-corrected chi connectivity index (χ1v) is 9.03. The quantitative estimate of drug-likeness (QED) is 0.812. The van der Waals surface area contributed by atoms with Crippen LogP contribution in [0.25, 0.3) is 0 Å². The van der Waals surface area contributed by atoms with E-state index in [2.05, 4.69) is 20.6 Å². The molecule has 3 rings (SSSR count). The molecule has 0 saturated heterocycles. The lowest BCUT2D eigenvalue weighted by Gasteiger charge is -2.22. The monoisotopic (exact) mass is 395 g/mol. The van der Waals surface area contributed by atoms with E-state index in [1.807, 2.05) is 13.8 Å². The molecule has 0 amide bonds. The van der Waals surface area contributed by atoms with E-state index >= 15 is 0 Å². The molecule has 25 heavy (non-hydrogen) atoms. The summed E-state index contributed by atoms with van der Waals surface area (Å²) in [5.41, 5.74) is 4.25. The van der Waals surface area contributed by atoms with Crippen LogP contribution >= 0.6 is 35.0 Å². The van der Waals surface area contributed by atoms with Gasteiger partial charge in [0.2, 0.25) is 0 Å². The van der Waals surface area contributed by atoms with Gasteiger partial charge in [0.05, 0.1) is 20.6 Å². The van der Waals surface area contributed by atoms with Crippen molar-refractivity contribution in [2.45, 2.75) is 29.7 Å². The number of aromatic amines is 1. The fraction of sp³-hybridized carbons (Fsp3) is 0.188. The van der Waals surface area contributed by atoms with Crippen molar-refractivity contribution in [2.24, 2.45) is 4.99 Å². The Morgan fingerprint density at radius 2 is 1.92 bits per heavy atom. The Balaban J connectivity index is 1.91. The van der Waals surface area contributed by atoms with Gasteiger partial charge in [0, 0.05) is 18.0 Å². The lowest BCUT2D eigenvalue weighted by Crippen LogP contribution is -2.34. The zero-order valence-corrected chi connectivity index (χ0v) is 15.8. The molecule has 130 valence electrons. The molecule has 0 aliphatic carbocycles. The number of anilines is 1. The van der Waals surface area contributed by atoms with Crippen LogP contribution in [-0.4, -0.2) is 16.5 Å². The smallest absolute Gasteiger partial charge is 0.267 e. The molecule has 0 saturated carbocycles. The van der Waals surface area contributed by atoms with Gasteiger partial charge in [-0.3, -0.25) is 10.2 Å². The molecule has 2 heterocycles. The van der Waals surface area contributed by atoms with Gasteiger partial charge in [-0.2, -0.15) is 5.10 Å². The molecule has 0 unspecified atom stereocenters. The predicted molar refractivity (Wildman–Crippen MR) is 103 cm³/mol. The Kier molecular flexibility index (Phi) is 5.36. The second-order valence-electron chi connectivity index (χ2n) is 5.57. The number of hydrazine groups is 1. The van der Waals surface area contributed by atoms with Crippen LogP contribution in [0.2, 0.25) is 10.0 Å². The first-order valence-electron chi connectivity index (χ1n) is 7.46. The van der Waals surface area contributed by atoms with Crippen LogP contribution in [-0.2, 0) is 0 Å². The predicted octanol–water partition coefficient (Wildman–Crippen LogP) is 4.18. The first-order chi connectivity index (χ1) is 12.0. The van der Waals surface area contributed by atoms with E-state index < -0.39 is 0 Å². The second kappa shape index (κ2) is 7.51. The van der Waals surface area contributed by atoms with E-state index in [1.54, 1.807) is 41.9 Å². The third-order valence-electron chi connectivity index (χ3n) is 3.46. The maximum Gasteiger partial charge on any atom is 0.267 e. The largest absolute Gasteiger partial charge is 0.299 e. The molecule has 1 aliphatic rings. The second-order valence-corrected chi connectivity index (χ2v) is 7.41. The summed E-state index contributed by atoms with van der Waals surface area (Å²) in [7, 11) is 0. The molecule has 0 atom stereocenters. The van der Waals surface area contributed by atoms with Crippen LogP contribution in [0.4, 0.5) is 5.69 Å². The average molecular weight is 396 g/mol. The van der Waals surface area contributed by atoms with Gasteiger partial charge in [-0.25, -0.2) is 15.1 Å². The lowest BCUT2D eigenvalue weighted by molar-refractivity contribution is 0.791. The van der Waals surface area contributed by atoms with Crippen molar-refractivity contribution in [2.75, 3.05) is 5.01 Å². The summed E-state index contributed by atoms with van der Waals surface area (Å²) < 4.78 is 0. The highest BCUT2D eigenvalue weighted by Gasteiger charge is 2.15. The van der Waals surface area contributed by atoms with E-state index in [-0.39, 0.29) is 11.5 Å². The third-order valence-corrected chi connectivity index (χ3v) is 5.34. The number of H-pyrrole nitrogens is 1. The number of benzene rings is 1. The Bertz CT molecular complexity index is 887. The molecule has 2 N–H and O–H groups in total. The van der Waals surface area contributed by atoms with Crippen molar-refractivity contribution in [3.63, 3.8) is 0 Å². The van der Waals surface area contributed by atoms with Crippen LogP contribution < -0.4 is 16.0 Å². The Morgan fingerprint density at radius 3 is 2.52 bits per heavy atom. The van der Waals surface area contributed by atoms with Crippen LogP contribution in [0.1, 0.15) is 25.3 Å². The maximum absolute atomic E-state index is 11.8. The highest BCUT2D eigenvalue weighted by molar-refractivity contribution is 7.99. The van der Waals surface area contributed by atoms with Crippen LogP contribution in [0.3, 0.4) is 0 Å². The summed E-state index contributed by atoms with van der Waals surface area (Å²) in [6.45, 7) is 3.91. The Morgan fingerprint density at radius 1 is 1.20 bits per heavy atom. The zero-order valence-electron chi connectivity index (χ0n) is 13.5. The van der Waals surface area contributed by atoms with Gasteiger partial charge in [-0.15, -0.1) is 0 Å². The standard InChI is InChI=1S/C16H15Cl2N5OS/c1-9(2)11-7-14(21-22-16(11)24)25-15-12(17)5-10(6-13(15)18)23-8-19-3-4-20-23/h3-9,20H,1-2H3,(H,22,24). The lowest BCUT2D eigenvalue weighted by atomic mass is 10.1. The summed E-state index contributed by atoms with van der Waals surface area (Å²) in [6, 6.07) is 5.32. The van der Waals surface area contributed by atoms with Crippen molar-refractivity contribution >= 4 is 47.0 Å². The molecule has 0 bridgehead atoms. The van der Waals surface area contributed by atoms with Crippen molar-refractivity contribution in [1.29, 1.82) is 0 Å². The van der Waals surface area contributed by atoms with E-state index in [9.17, 15) is 4.79 Å². The van der Waals surface area contributed by atoms with Crippen molar-refractivity contribution in [1.82, 2.24) is 15.6 Å². The normalized spacial score (nSPS) is 13.4. The first kappa shape index (κ1) is 17.8. The number of rotatable bonds is 4. The van der Waals surface area contributed by atoms with Crippen LogP contribution in [0.15, 0.2) is 50.3 Å². The summed E-state index contributed by atoms with van der Waals surface area (Å²) in [6.07, 6.45) is 4.95. The number of hydrogen-bond donors (Lipinski definition) is 2. The minimum Gasteiger partial charge on any atom is -0.299 e. The topological polar surface area (TPSA) is 73.4 Å². The van der Waals surface area contributed by atoms with Gasteiger partial charge >= 0.3 is 0 Å². The highest BCUT2D eigenvalue weighted by Crippen LogP contribution is 2.40. The summed E-state index contributed by atoms with van der Waals surface area (Å²) in [4.78, 5) is 16.5. The molecule has 0 spiro atoms. The number of halogens is 2. The molecular weight excluding hydrogens is 381 g/mol. The van der Waals surface area contributed by atoms with Gasteiger partial charge in [-0.1, -0.05) is 48.8 Å². The fourth-order valence-corrected chi connectivity index (χ4v) is 3.71. The molecule has 0 fully saturated rings. The van der Waals surface area contributed by atoms with Crippen LogP contribution in [0.5, 0.6) is 0 Å². The molecule has 2 aromatic rings. The Labute approximate surface area is 158 Å². The SMILES string of the molecule is CC(C)c1cc(Sc2c(Cl)cc(N3C=NC=CN3)cc2Cl)n[nH]c1=O. The van der Waals surface area contributed by atoms with Crippen molar-refractivity contribution in [3.05, 3.63) is 56.6 Å². The summed E-state index contributed by atoms with van der Waals surface area (Å²) >= 11 is 14.1. The van der Waals surface area contributed by atoms with E-state index in [0.717, 1.165) is 5.69 Å². The molecule has 6 nitrogen and oxygen atoms in total. The zero-order chi connectivity index (χ0) is 18.0. The Hall–Kier alpha value is -1.96. The number of hydrogen-bond acceptors (Lipinski definition) is 6. The number of aromatic nitrogens is 2. The van der Waals surface area contributed by atoms with Gasteiger partial charge in [0.25, 0.3) is 5.56 Å². The fourth-order valence-electron chi connectivity index (χ4n) is 2.21. The van der Waals surface area contributed by atoms with Gasteiger partial charge in [0.15, 0.2) is 0 Å². The van der Waals surface area contributed by atoms with E-state index in [0.29, 0.717) is 25.5 Å². The number of nitrogens with one attached hydrogen (secondary N) is 2. The van der Waals surface area contributed by atoms with Crippen molar-refractivity contribution in [3.8, 4) is 0 Å². The van der Waals surface area contributed by atoms with Crippen molar-refractivity contribution < 1.29 is 0 Å². The third kappa shape index (κ3) is 4.00. The average Bonchev–Trinajstić information content (AvgIpc) is 2.60. The minimum absolute atomic E-state index is 0.0944. The van der Waals surface area contributed by atoms with Crippen LogP contribution in [0, 0.1) is 0 Å². The van der Waals surface area contributed by atoms with E-state index in [4.69, 9.17) is 23.2 Å². The summed E-state index contributed by atoms with van der Waals surface area (Å²) in [5.74, 6) is 0.0944. The van der Waals surface area contributed by atoms with Gasteiger partial charge in [-0.05, 0) is 24.1 Å². The minimum atomic E-state index is -0.185. The molecule has 1 aromatic heterocycles. The number of aliphatic imine (C=N–C) groups is 1. The molecular formula is C16H15Cl2N5OS. The summed E-state index contributed by atoms with van der Waals surface area (Å²) in [5, 5.41) is 9.87. The van der Waals surface area contributed by atoms with Gasteiger partial charge < -0.3 is 0 Å². The van der Waals surface area contributed by atoms with E-state index in [1.165, 1.54) is 11.8 Å². The van der Waals surface area contributed by atoms with Gasteiger partial charge in [0.1, 0.15) is 11.4 Å². The molecule has 1 aliphatic heterocycles. The molecule has 9 heteroatoms. The maximum atomic E-state index is 11.8. The molecule has 1 aromatic carbocycles. The molecule has 0 radical (unpaired) electrons. The highest BCUT2D eigenvalue weighted by atomic mass is 35.5.